The number of rotatable bonds is 15. The van der Waals surface area contributed by atoms with Gasteiger partial charge in [-0.2, -0.15) is 0 Å². The average molecular weight is 1060 g/mol. The predicted octanol–water partition coefficient (Wildman–Crippen LogP) is 1.19. The molecule has 6 N–H and O–H groups in total. The van der Waals surface area contributed by atoms with Crippen molar-refractivity contribution >= 4 is 17.7 Å². The first kappa shape index (κ1) is 58.1. The summed E-state index contributed by atoms with van der Waals surface area (Å²) in [5, 5.41) is 65.2. The first-order chi connectivity index (χ1) is 34.9. The van der Waals surface area contributed by atoms with Gasteiger partial charge in [-0.3, -0.25) is 14.4 Å². The van der Waals surface area contributed by atoms with Crippen LogP contribution in [-0.4, -0.2) is 211 Å². The number of hydrogen-bond donors (Lipinski definition) is 6. The summed E-state index contributed by atoms with van der Waals surface area (Å²) in [6.07, 6.45) is -15.1. The van der Waals surface area contributed by atoms with Crippen molar-refractivity contribution in [3.05, 3.63) is 0 Å². The molecule has 8 aliphatic rings. The molecule has 0 spiro atoms. The SMILES string of the molecule is CO[C@H]1[C@@H](O)[C@H](O[C@@H]2[C@@H](C)O[C@@H](O[C@H]3[C@@H](OC)C[C@H](O[C@H]4CC[C@@]5(C)[C@H](CC[C@@H]6[C@@H]5[C@H](OC(C)=O)[C@@H](OC(C)=O)[C@]5(C)[C@@H](C(C)=O)CC[C@]65O)C4)O[C@@H]3C)C[C@H]2OC)O[C@H](C)[C@H]1O[C@@H]1O[C@H](CO)[C@@H](O)[C@H](O)[C@H]1O. The van der Waals surface area contributed by atoms with Crippen LogP contribution in [0.3, 0.4) is 0 Å². The van der Waals surface area contributed by atoms with E-state index in [1.54, 1.807) is 21.0 Å². The molecule has 8 rings (SSSR count). The van der Waals surface area contributed by atoms with E-state index in [-0.39, 0.29) is 36.1 Å². The first-order valence-electron chi connectivity index (χ1n) is 26.7. The molecule has 0 aromatic carbocycles. The summed E-state index contributed by atoms with van der Waals surface area (Å²) in [5.41, 5.74) is -2.89. The van der Waals surface area contributed by atoms with Crippen LogP contribution in [0.4, 0.5) is 0 Å². The molecule has 28 atom stereocenters. The normalized spacial score (nSPS) is 51.5. The minimum atomic E-state index is -1.68. The van der Waals surface area contributed by atoms with Crippen LogP contribution in [0.1, 0.15) is 113 Å². The van der Waals surface area contributed by atoms with E-state index in [1.165, 1.54) is 35.0 Å². The van der Waals surface area contributed by atoms with E-state index in [4.69, 9.17) is 61.6 Å². The van der Waals surface area contributed by atoms with E-state index in [0.717, 1.165) is 6.42 Å². The van der Waals surface area contributed by atoms with Crippen molar-refractivity contribution in [2.45, 2.75) is 248 Å². The van der Waals surface area contributed by atoms with Gasteiger partial charge in [-0.15, -0.1) is 0 Å². The van der Waals surface area contributed by atoms with Gasteiger partial charge in [-0.25, -0.2) is 0 Å². The summed E-state index contributed by atoms with van der Waals surface area (Å²) in [4.78, 5) is 38.9. The molecule has 74 heavy (non-hydrogen) atoms. The van der Waals surface area contributed by atoms with Crippen LogP contribution in [-0.2, 0) is 76.0 Å². The largest absolute Gasteiger partial charge is 0.458 e. The number of aliphatic hydroxyl groups excluding tert-OH is 5. The van der Waals surface area contributed by atoms with E-state index >= 15 is 0 Å². The lowest BCUT2D eigenvalue weighted by atomic mass is 9.41. The Bertz CT molecular complexity index is 1940. The monoisotopic (exact) mass is 1060 g/mol. The summed E-state index contributed by atoms with van der Waals surface area (Å²) in [7, 11) is 4.52. The molecule has 22 heteroatoms. The molecule has 8 fully saturated rings. The van der Waals surface area contributed by atoms with Crippen LogP contribution in [0.25, 0.3) is 0 Å². The molecule has 0 aromatic heterocycles. The lowest BCUT2D eigenvalue weighted by Gasteiger charge is -2.66. The topological polar surface area (TPSA) is 293 Å². The van der Waals surface area contributed by atoms with Gasteiger partial charge in [-0.05, 0) is 89.9 Å². The van der Waals surface area contributed by atoms with Gasteiger partial charge in [-0.1, -0.05) is 13.8 Å². The van der Waals surface area contributed by atoms with E-state index in [9.17, 15) is 45.0 Å². The minimum absolute atomic E-state index is 0.0860. The summed E-state index contributed by atoms with van der Waals surface area (Å²) in [6.45, 7) is 12.9. The van der Waals surface area contributed by atoms with E-state index in [0.29, 0.717) is 44.9 Å². The highest BCUT2D eigenvalue weighted by atomic mass is 16.8. The van der Waals surface area contributed by atoms with Gasteiger partial charge in [0.1, 0.15) is 72.9 Å². The summed E-state index contributed by atoms with van der Waals surface area (Å²) < 4.78 is 80.3. The van der Waals surface area contributed by atoms with Gasteiger partial charge in [0.25, 0.3) is 0 Å². The highest BCUT2D eigenvalue weighted by molar-refractivity contribution is 5.80. The fourth-order valence-corrected chi connectivity index (χ4v) is 15.1. The Balaban J connectivity index is 0.876. The maximum atomic E-state index is 13.2. The number of esters is 2. The number of carbonyl (C=O) groups excluding carboxylic acids is 3. The molecule has 4 heterocycles. The number of Topliss-reactive ketones (excluding diaryl/α,β-unsaturated/α-hetero) is 1. The Morgan fingerprint density at radius 3 is 1.76 bits per heavy atom. The van der Waals surface area contributed by atoms with Gasteiger partial charge in [0.2, 0.25) is 0 Å². The number of aliphatic hydroxyl groups is 6. The molecule has 4 aliphatic heterocycles. The fourth-order valence-electron chi connectivity index (χ4n) is 15.1. The predicted molar refractivity (Wildman–Crippen MR) is 253 cm³/mol. The zero-order valence-electron chi connectivity index (χ0n) is 44.7. The van der Waals surface area contributed by atoms with Gasteiger partial charge < -0.3 is 92.2 Å². The van der Waals surface area contributed by atoms with Crippen molar-refractivity contribution in [1.82, 2.24) is 0 Å². The molecule has 0 amide bonds. The molecule has 0 radical (unpaired) electrons. The minimum Gasteiger partial charge on any atom is -0.458 e. The van der Waals surface area contributed by atoms with Crippen LogP contribution in [0.5, 0.6) is 0 Å². The summed E-state index contributed by atoms with van der Waals surface area (Å²) >= 11 is 0. The Morgan fingerprint density at radius 1 is 0.595 bits per heavy atom. The quantitative estimate of drug-likeness (QED) is 0.0992. The highest BCUT2D eigenvalue weighted by Crippen LogP contribution is 2.70. The third-order valence-corrected chi connectivity index (χ3v) is 18.9. The molecule has 4 saturated carbocycles. The zero-order chi connectivity index (χ0) is 53.9. The van der Waals surface area contributed by atoms with Crippen molar-refractivity contribution in [2.75, 3.05) is 27.9 Å². The number of ketones is 1. The molecule has 424 valence electrons. The smallest absolute Gasteiger partial charge is 0.303 e. The van der Waals surface area contributed by atoms with Crippen molar-refractivity contribution in [3.8, 4) is 0 Å². The molecule has 0 bridgehead atoms. The molecule has 22 nitrogen and oxygen atoms in total. The van der Waals surface area contributed by atoms with Crippen molar-refractivity contribution in [1.29, 1.82) is 0 Å². The van der Waals surface area contributed by atoms with Crippen molar-refractivity contribution in [3.63, 3.8) is 0 Å². The van der Waals surface area contributed by atoms with Gasteiger partial charge in [0, 0.05) is 65.3 Å². The number of fused-ring (bicyclic) bond motifs is 5. The standard InChI is InChI=1S/C52H84O22/c1-22(54)30-15-17-52(61)31-13-12-28-18-29(14-16-50(28,7)37(31)45(68-26(5)55)47(51(30,52)8)69-27(6)56)70-35-19-32(62-9)42(23(2)65-35)72-36-20-33(63-10)43(24(3)66-36)73-49-41(60)46(64-11)44(25(4)67-49)74-48-40(59)39(58)38(57)34(21-53)71-48/h23-25,28-49,53,57-61H,12-21H2,1-11H3/t23-,24-,25-,28-,29+,30-,31-,32+,33-,34-,35+,36+,37-,38-,39+,40-,41-,42-,43-,44-,45+,46+,47-,48+,49+,50+,51+,52+/m1/s1. The molecule has 4 saturated heterocycles. The van der Waals surface area contributed by atoms with E-state index in [2.05, 4.69) is 6.92 Å². The summed E-state index contributed by atoms with van der Waals surface area (Å²) in [5.74, 6) is -2.24. The second-order valence-corrected chi connectivity index (χ2v) is 22.9. The zero-order valence-corrected chi connectivity index (χ0v) is 44.7. The number of methoxy groups -OCH3 is 3. The Kier molecular flexibility index (Phi) is 18.0. The van der Waals surface area contributed by atoms with Crippen LogP contribution < -0.4 is 0 Å². The van der Waals surface area contributed by atoms with E-state index < -0.39 is 164 Å². The molecule has 4 aliphatic carbocycles. The fraction of sp³-hybridized carbons (Fsp3) is 0.942. The van der Waals surface area contributed by atoms with Crippen molar-refractivity contribution in [2.24, 2.45) is 34.5 Å². The molecular formula is C52H84O22. The van der Waals surface area contributed by atoms with Crippen LogP contribution in [0, 0.1) is 34.5 Å². The van der Waals surface area contributed by atoms with Crippen LogP contribution in [0.2, 0.25) is 0 Å². The maximum absolute atomic E-state index is 13.2. The number of carbonyl (C=O) groups is 3. The molecule has 0 aromatic rings. The lowest BCUT2D eigenvalue weighted by molar-refractivity contribution is -0.373. The number of ether oxygens (including phenoxy) is 13. The lowest BCUT2D eigenvalue weighted by Crippen LogP contribution is -2.73. The summed E-state index contributed by atoms with van der Waals surface area (Å²) in [6, 6.07) is 0. The Labute approximate surface area is 433 Å². The van der Waals surface area contributed by atoms with Gasteiger partial charge in [0.05, 0.1) is 48.8 Å². The second-order valence-electron chi connectivity index (χ2n) is 22.9. The Morgan fingerprint density at radius 2 is 1.18 bits per heavy atom. The van der Waals surface area contributed by atoms with Gasteiger partial charge in [0.15, 0.2) is 25.2 Å². The van der Waals surface area contributed by atoms with E-state index in [1.807, 2.05) is 13.8 Å². The average Bonchev–Trinajstić information content (AvgIpc) is 3.64. The number of hydrogen-bond acceptors (Lipinski definition) is 22. The third-order valence-electron chi connectivity index (χ3n) is 18.9. The van der Waals surface area contributed by atoms with Crippen molar-refractivity contribution < 1.29 is 107 Å². The molecule has 0 unspecified atom stereocenters. The molecular weight excluding hydrogens is 977 g/mol. The Hall–Kier alpha value is -2.07. The van der Waals surface area contributed by atoms with Crippen LogP contribution in [0.15, 0.2) is 0 Å². The van der Waals surface area contributed by atoms with Crippen LogP contribution >= 0.6 is 0 Å². The second kappa shape index (κ2) is 23.0. The third kappa shape index (κ3) is 10.5. The maximum Gasteiger partial charge on any atom is 0.303 e. The highest BCUT2D eigenvalue weighted by Gasteiger charge is 2.76. The van der Waals surface area contributed by atoms with Gasteiger partial charge >= 0.3 is 11.9 Å². The first-order valence-corrected chi connectivity index (χ1v) is 26.7.